The van der Waals surface area contributed by atoms with Gasteiger partial charge in [0, 0.05) is 0 Å². The fourth-order valence-corrected chi connectivity index (χ4v) is 1.16. The van der Waals surface area contributed by atoms with Gasteiger partial charge in [0.15, 0.2) is 5.82 Å². The number of pyridine rings is 1. The second kappa shape index (κ2) is 5.29. The van der Waals surface area contributed by atoms with Gasteiger partial charge in [0.25, 0.3) is 5.95 Å². The lowest BCUT2D eigenvalue weighted by molar-refractivity contribution is 0.114. The fraction of sp³-hybridized carbons (Fsp3) is 0.583. The fourth-order valence-electron chi connectivity index (χ4n) is 1.16. The van der Waals surface area contributed by atoms with Crippen LogP contribution in [0.2, 0.25) is 0 Å². The predicted octanol–water partition coefficient (Wildman–Crippen LogP) is 3.33. The molecule has 0 saturated carbocycles. The largest absolute Gasteiger partial charge is 0.486 e. The van der Waals surface area contributed by atoms with Crippen molar-refractivity contribution in [3.05, 3.63) is 18.0 Å². The lowest BCUT2D eigenvalue weighted by Crippen LogP contribution is -2.24. The van der Waals surface area contributed by atoms with E-state index in [0.29, 0.717) is 6.42 Å². The first-order valence-corrected chi connectivity index (χ1v) is 5.51. The number of halogens is 2. The van der Waals surface area contributed by atoms with Crippen LogP contribution >= 0.6 is 0 Å². The summed E-state index contributed by atoms with van der Waals surface area (Å²) in [5.41, 5.74) is -0.640. The standard InChI is InChI=1S/C12H17F2NO2/c1-5-6-16-10-9(17-12(2,3)4)8(13)7-15-11(10)14/h7H,5-6H2,1-4H3. The van der Waals surface area contributed by atoms with Crippen molar-refractivity contribution in [3.8, 4) is 11.5 Å². The minimum atomic E-state index is -0.862. The molecule has 3 nitrogen and oxygen atoms in total. The average molecular weight is 245 g/mol. The first-order chi connectivity index (χ1) is 7.85. The number of ether oxygens (including phenoxy) is 2. The van der Waals surface area contributed by atoms with Crippen LogP contribution in [0.4, 0.5) is 8.78 Å². The molecule has 0 fully saturated rings. The summed E-state index contributed by atoms with van der Waals surface area (Å²) in [5, 5.41) is 0. The molecule has 1 heterocycles. The summed E-state index contributed by atoms with van der Waals surface area (Å²) in [7, 11) is 0. The molecule has 0 saturated heterocycles. The van der Waals surface area contributed by atoms with Crippen LogP contribution in [0.5, 0.6) is 11.5 Å². The van der Waals surface area contributed by atoms with Crippen LogP contribution in [-0.2, 0) is 0 Å². The van der Waals surface area contributed by atoms with Crippen LogP contribution < -0.4 is 9.47 Å². The third-order valence-electron chi connectivity index (χ3n) is 1.76. The van der Waals surface area contributed by atoms with Crippen molar-refractivity contribution >= 4 is 0 Å². The van der Waals surface area contributed by atoms with E-state index < -0.39 is 17.4 Å². The Morgan fingerprint density at radius 3 is 2.41 bits per heavy atom. The smallest absolute Gasteiger partial charge is 0.259 e. The molecule has 96 valence electrons. The maximum absolute atomic E-state index is 13.6. The third kappa shape index (κ3) is 3.84. The summed E-state index contributed by atoms with van der Waals surface area (Å²) < 4.78 is 37.5. The van der Waals surface area contributed by atoms with Gasteiger partial charge in [0.05, 0.1) is 12.8 Å². The highest BCUT2D eigenvalue weighted by Crippen LogP contribution is 2.34. The molecule has 0 unspecified atom stereocenters. The van der Waals surface area contributed by atoms with Gasteiger partial charge in [0.1, 0.15) is 5.60 Å². The van der Waals surface area contributed by atoms with E-state index in [1.165, 1.54) is 0 Å². The van der Waals surface area contributed by atoms with Crippen molar-refractivity contribution in [1.82, 2.24) is 4.98 Å². The molecule has 1 aromatic rings. The Morgan fingerprint density at radius 2 is 1.88 bits per heavy atom. The zero-order chi connectivity index (χ0) is 13.1. The highest BCUT2D eigenvalue weighted by Gasteiger charge is 2.23. The highest BCUT2D eigenvalue weighted by molar-refractivity contribution is 5.39. The van der Waals surface area contributed by atoms with Crippen LogP contribution in [0, 0.1) is 11.8 Å². The monoisotopic (exact) mass is 245 g/mol. The van der Waals surface area contributed by atoms with Gasteiger partial charge >= 0.3 is 0 Å². The lowest BCUT2D eigenvalue weighted by Gasteiger charge is -2.23. The van der Waals surface area contributed by atoms with Gasteiger partial charge in [-0.25, -0.2) is 9.37 Å². The molecule has 0 radical (unpaired) electrons. The Kier molecular flexibility index (Phi) is 4.26. The Hall–Kier alpha value is -1.39. The van der Waals surface area contributed by atoms with Crippen molar-refractivity contribution in [3.63, 3.8) is 0 Å². The second-order valence-corrected chi connectivity index (χ2v) is 4.62. The van der Waals surface area contributed by atoms with E-state index in [2.05, 4.69) is 4.98 Å². The Morgan fingerprint density at radius 1 is 1.24 bits per heavy atom. The molecule has 0 spiro atoms. The number of hydrogen-bond acceptors (Lipinski definition) is 3. The summed E-state index contributed by atoms with van der Waals surface area (Å²) in [6.07, 6.45) is 1.47. The molecular formula is C12H17F2NO2. The van der Waals surface area contributed by atoms with E-state index in [0.717, 1.165) is 6.20 Å². The average Bonchev–Trinajstić information content (AvgIpc) is 2.21. The van der Waals surface area contributed by atoms with Gasteiger partial charge in [0.2, 0.25) is 11.5 Å². The Bertz CT molecular complexity index is 389. The van der Waals surface area contributed by atoms with Crippen molar-refractivity contribution in [1.29, 1.82) is 0 Å². The number of rotatable bonds is 4. The van der Waals surface area contributed by atoms with Crippen molar-refractivity contribution in [2.75, 3.05) is 6.61 Å². The van der Waals surface area contributed by atoms with E-state index >= 15 is 0 Å². The zero-order valence-corrected chi connectivity index (χ0v) is 10.5. The van der Waals surface area contributed by atoms with Crippen LogP contribution in [0.15, 0.2) is 6.20 Å². The first kappa shape index (κ1) is 13.7. The zero-order valence-electron chi connectivity index (χ0n) is 10.5. The first-order valence-electron chi connectivity index (χ1n) is 5.51. The van der Waals surface area contributed by atoms with Crippen LogP contribution in [0.1, 0.15) is 34.1 Å². The number of hydrogen-bond donors (Lipinski definition) is 0. The Balaban J connectivity index is 3.10. The number of aromatic nitrogens is 1. The maximum Gasteiger partial charge on any atom is 0.259 e. The van der Waals surface area contributed by atoms with Gasteiger partial charge < -0.3 is 9.47 Å². The molecule has 0 aromatic carbocycles. The van der Waals surface area contributed by atoms with E-state index in [1.807, 2.05) is 6.92 Å². The van der Waals surface area contributed by atoms with Crippen LogP contribution in [0.25, 0.3) is 0 Å². The Labute approximate surface area is 99.8 Å². The number of nitrogens with zero attached hydrogens (tertiary/aromatic N) is 1. The SMILES string of the molecule is CCCOc1c(F)ncc(F)c1OC(C)(C)C. The molecule has 0 amide bonds. The molecule has 0 bridgehead atoms. The van der Waals surface area contributed by atoms with Crippen molar-refractivity contribution in [2.24, 2.45) is 0 Å². The molecule has 0 N–H and O–H groups in total. The van der Waals surface area contributed by atoms with Crippen molar-refractivity contribution < 1.29 is 18.3 Å². The van der Waals surface area contributed by atoms with E-state index in [-0.39, 0.29) is 18.1 Å². The van der Waals surface area contributed by atoms with E-state index in [9.17, 15) is 8.78 Å². The van der Waals surface area contributed by atoms with Crippen LogP contribution in [-0.4, -0.2) is 17.2 Å². The van der Waals surface area contributed by atoms with Gasteiger partial charge in [-0.15, -0.1) is 0 Å². The van der Waals surface area contributed by atoms with Crippen LogP contribution in [0.3, 0.4) is 0 Å². The minimum Gasteiger partial charge on any atom is -0.486 e. The molecule has 0 aliphatic carbocycles. The molecule has 0 aliphatic heterocycles. The summed E-state index contributed by atoms with van der Waals surface area (Å²) >= 11 is 0. The summed E-state index contributed by atoms with van der Waals surface area (Å²) in [5.74, 6) is -2.08. The molecule has 0 atom stereocenters. The minimum absolute atomic E-state index is 0.224. The molecule has 1 aromatic heterocycles. The molecular weight excluding hydrogens is 228 g/mol. The normalized spacial score (nSPS) is 11.4. The second-order valence-electron chi connectivity index (χ2n) is 4.62. The third-order valence-corrected chi connectivity index (χ3v) is 1.76. The van der Waals surface area contributed by atoms with Gasteiger partial charge in [-0.2, -0.15) is 4.39 Å². The summed E-state index contributed by atoms with van der Waals surface area (Å²) in [6.45, 7) is 7.38. The summed E-state index contributed by atoms with van der Waals surface area (Å²) in [6, 6.07) is 0. The van der Waals surface area contributed by atoms with Crippen molar-refractivity contribution in [2.45, 2.75) is 39.7 Å². The molecule has 0 aliphatic rings. The molecule has 5 heteroatoms. The van der Waals surface area contributed by atoms with Gasteiger partial charge in [-0.3, -0.25) is 0 Å². The molecule has 1 rings (SSSR count). The van der Waals surface area contributed by atoms with Gasteiger partial charge in [-0.05, 0) is 27.2 Å². The van der Waals surface area contributed by atoms with Gasteiger partial charge in [-0.1, -0.05) is 6.92 Å². The maximum atomic E-state index is 13.6. The quantitative estimate of drug-likeness (QED) is 0.762. The lowest BCUT2D eigenvalue weighted by atomic mass is 10.2. The summed E-state index contributed by atoms with van der Waals surface area (Å²) in [4.78, 5) is 3.28. The predicted molar refractivity (Wildman–Crippen MR) is 60.3 cm³/mol. The van der Waals surface area contributed by atoms with E-state index in [1.54, 1.807) is 20.8 Å². The van der Waals surface area contributed by atoms with E-state index in [4.69, 9.17) is 9.47 Å². The topological polar surface area (TPSA) is 31.4 Å². The molecule has 17 heavy (non-hydrogen) atoms. The highest BCUT2D eigenvalue weighted by atomic mass is 19.1.